The van der Waals surface area contributed by atoms with Gasteiger partial charge in [-0.1, -0.05) is 65.7 Å². The first kappa shape index (κ1) is 39.8. The molecule has 3 heterocycles. The molecule has 2 atom stereocenters. The van der Waals surface area contributed by atoms with Gasteiger partial charge in [0.1, 0.15) is 36.6 Å². The molecule has 0 spiro atoms. The molecular formula is C47H39Cl2F2N3O5. The second-order valence-electron chi connectivity index (χ2n) is 14.7. The Morgan fingerprint density at radius 2 is 1.58 bits per heavy atom. The Labute approximate surface area is 350 Å². The molecule has 8 rings (SSSR count). The molecule has 0 aliphatic carbocycles. The molecule has 0 saturated heterocycles. The van der Waals surface area contributed by atoms with Crippen molar-refractivity contribution in [2.24, 2.45) is 0 Å². The summed E-state index contributed by atoms with van der Waals surface area (Å²) in [5, 5.41) is 3.94. The summed E-state index contributed by atoms with van der Waals surface area (Å²) in [6.07, 6.45) is 2.09. The number of carbonyl (C=O) groups is 2. The van der Waals surface area contributed by atoms with Gasteiger partial charge in [-0.2, -0.15) is 0 Å². The van der Waals surface area contributed by atoms with Crippen molar-refractivity contribution in [3.8, 4) is 28.4 Å². The van der Waals surface area contributed by atoms with Gasteiger partial charge in [-0.3, -0.25) is 14.6 Å². The number of aromatic nitrogens is 1. The van der Waals surface area contributed by atoms with E-state index in [0.29, 0.717) is 52.9 Å². The molecule has 6 aromatic rings. The first-order chi connectivity index (χ1) is 28.5. The van der Waals surface area contributed by atoms with Gasteiger partial charge >= 0.3 is 0 Å². The zero-order chi connectivity index (χ0) is 41.2. The fourth-order valence-corrected chi connectivity index (χ4v) is 7.75. The molecule has 12 heteroatoms. The van der Waals surface area contributed by atoms with Crippen molar-refractivity contribution >= 4 is 35.0 Å². The number of carbonyl (C=O) groups excluding carboxylic acids is 2. The summed E-state index contributed by atoms with van der Waals surface area (Å²) in [6, 6.07) is 28.4. The van der Waals surface area contributed by atoms with Gasteiger partial charge in [0, 0.05) is 43.0 Å². The van der Waals surface area contributed by atoms with Crippen LogP contribution in [-0.2, 0) is 30.8 Å². The first-order valence-corrected chi connectivity index (χ1v) is 19.9. The van der Waals surface area contributed by atoms with Crippen LogP contribution in [0.25, 0.3) is 11.1 Å². The lowest BCUT2D eigenvalue weighted by Gasteiger charge is -2.37. The highest BCUT2D eigenvalue weighted by atomic mass is 35.5. The van der Waals surface area contributed by atoms with Gasteiger partial charge < -0.3 is 24.4 Å². The number of amides is 2. The summed E-state index contributed by atoms with van der Waals surface area (Å²) >= 11 is 12.2. The van der Waals surface area contributed by atoms with E-state index in [1.165, 1.54) is 4.90 Å². The minimum absolute atomic E-state index is 0.00587. The summed E-state index contributed by atoms with van der Waals surface area (Å²) in [4.78, 5) is 33.6. The van der Waals surface area contributed by atoms with E-state index in [4.69, 9.17) is 37.4 Å². The summed E-state index contributed by atoms with van der Waals surface area (Å²) in [6.45, 7) is 4.92. The average Bonchev–Trinajstić information content (AvgIpc) is 3.23. The Morgan fingerprint density at radius 3 is 2.32 bits per heavy atom. The van der Waals surface area contributed by atoms with Gasteiger partial charge in [-0.15, -0.1) is 0 Å². The molecule has 0 bridgehead atoms. The number of aryl methyl sites for hydroxylation is 1. The second kappa shape index (κ2) is 17.1. The third kappa shape index (κ3) is 8.89. The molecule has 0 fully saturated rings. The van der Waals surface area contributed by atoms with Crippen molar-refractivity contribution in [2.75, 3.05) is 13.2 Å². The third-order valence-electron chi connectivity index (χ3n) is 10.8. The van der Waals surface area contributed by atoms with Crippen LogP contribution in [0.5, 0.6) is 17.2 Å². The number of pyridine rings is 1. The fraction of sp³-hybridized carbons (Fsp3) is 0.213. The third-order valence-corrected chi connectivity index (χ3v) is 11.5. The zero-order valence-electron chi connectivity index (χ0n) is 32.2. The largest absolute Gasteiger partial charge is 0.489 e. The Balaban J connectivity index is 0.961. The number of hydrogen-bond donors (Lipinski definition) is 1. The highest BCUT2D eigenvalue weighted by Gasteiger charge is 2.37. The van der Waals surface area contributed by atoms with E-state index in [0.717, 1.165) is 62.3 Å². The SMILES string of the molecule is Cc1nccc(-c2ccc(CCNC(=O)C3Cc4cc5c(cc4CN3C(=O)c3cc(F)cc(F)c3)OC(c3ccc(OCc4ccc(Cl)c(Cl)c4)cc3)CO5)cc2)c1C. The number of benzene rings is 5. The van der Waals surface area contributed by atoms with Crippen LogP contribution in [0.2, 0.25) is 10.0 Å². The molecule has 5 aromatic carbocycles. The highest BCUT2D eigenvalue weighted by molar-refractivity contribution is 6.42. The minimum atomic E-state index is -0.950. The molecule has 8 nitrogen and oxygen atoms in total. The predicted octanol–water partition coefficient (Wildman–Crippen LogP) is 9.97. The molecule has 59 heavy (non-hydrogen) atoms. The lowest BCUT2D eigenvalue weighted by atomic mass is 9.91. The van der Waals surface area contributed by atoms with Gasteiger partial charge in [0.05, 0.1) is 10.0 Å². The smallest absolute Gasteiger partial charge is 0.255 e. The van der Waals surface area contributed by atoms with Crippen molar-refractivity contribution in [3.63, 3.8) is 0 Å². The van der Waals surface area contributed by atoms with Gasteiger partial charge in [-0.05, 0) is 119 Å². The van der Waals surface area contributed by atoms with E-state index in [2.05, 4.69) is 29.4 Å². The van der Waals surface area contributed by atoms with Gasteiger partial charge in [-0.25, -0.2) is 8.78 Å². The Bertz CT molecular complexity index is 2530. The fourth-order valence-electron chi connectivity index (χ4n) is 7.43. The van der Waals surface area contributed by atoms with E-state index in [1.807, 2.05) is 67.6 Å². The van der Waals surface area contributed by atoms with Gasteiger partial charge in [0.25, 0.3) is 5.91 Å². The number of nitrogens with zero attached hydrogens (tertiary/aromatic N) is 2. The van der Waals surface area contributed by atoms with Crippen molar-refractivity contribution in [3.05, 3.63) is 176 Å². The molecule has 2 aliphatic heterocycles. The van der Waals surface area contributed by atoms with Crippen LogP contribution < -0.4 is 19.5 Å². The van der Waals surface area contributed by atoms with E-state index in [1.54, 1.807) is 18.3 Å². The maximum absolute atomic E-state index is 14.3. The number of halogens is 4. The maximum atomic E-state index is 14.3. The molecule has 2 amide bonds. The predicted molar refractivity (Wildman–Crippen MR) is 222 cm³/mol. The standard InChI is InChI=1S/C47H39Cl2F2N3O5/c1-27-28(2)52-16-14-39(27)31-6-3-29(4-7-31)13-15-53-46(55)42-20-33-21-43-44(22-35(33)24-54(42)47(56)34-18-36(50)23-37(51)19-34)59-45(26-58-43)32-8-10-38(11-9-32)57-25-30-5-12-40(48)41(49)17-30/h3-12,14,16-19,21-23,42,45H,13,15,20,24-26H2,1-2H3,(H,53,55). The van der Waals surface area contributed by atoms with Crippen molar-refractivity contribution in [1.29, 1.82) is 0 Å². The summed E-state index contributed by atoms with van der Waals surface area (Å²) in [7, 11) is 0. The Morgan fingerprint density at radius 1 is 0.847 bits per heavy atom. The monoisotopic (exact) mass is 833 g/mol. The van der Waals surface area contributed by atoms with Crippen LogP contribution in [-0.4, -0.2) is 40.9 Å². The van der Waals surface area contributed by atoms with Crippen LogP contribution in [0.1, 0.15) is 55.5 Å². The lowest BCUT2D eigenvalue weighted by molar-refractivity contribution is -0.126. The Kier molecular flexibility index (Phi) is 11.5. The van der Waals surface area contributed by atoms with Crippen molar-refractivity contribution < 1.29 is 32.6 Å². The molecule has 300 valence electrons. The van der Waals surface area contributed by atoms with E-state index in [-0.39, 0.29) is 31.0 Å². The van der Waals surface area contributed by atoms with E-state index in [9.17, 15) is 18.4 Å². The summed E-state index contributed by atoms with van der Waals surface area (Å²) < 4.78 is 47.2. The second-order valence-corrected chi connectivity index (χ2v) is 15.5. The molecule has 0 saturated carbocycles. The summed E-state index contributed by atoms with van der Waals surface area (Å²) in [5.41, 5.74) is 8.42. The number of fused-ring (bicyclic) bond motifs is 2. The number of ether oxygens (including phenoxy) is 3. The van der Waals surface area contributed by atoms with Crippen molar-refractivity contribution in [2.45, 2.75) is 52.0 Å². The van der Waals surface area contributed by atoms with Crippen LogP contribution in [0.15, 0.2) is 109 Å². The zero-order valence-corrected chi connectivity index (χ0v) is 33.7. The quantitative estimate of drug-likeness (QED) is 0.148. The lowest BCUT2D eigenvalue weighted by Crippen LogP contribution is -2.52. The molecule has 2 unspecified atom stereocenters. The van der Waals surface area contributed by atoms with Crippen molar-refractivity contribution in [1.82, 2.24) is 15.2 Å². The Hall–Kier alpha value is -5.97. The van der Waals surface area contributed by atoms with E-state index < -0.39 is 29.7 Å². The normalized spacial score (nSPS) is 15.7. The summed E-state index contributed by atoms with van der Waals surface area (Å²) in [5.74, 6) is -1.15. The molecular weight excluding hydrogens is 795 g/mol. The molecule has 1 aromatic heterocycles. The average molecular weight is 835 g/mol. The molecule has 2 aliphatic rings. The molecule has 1 N–H and O–H groups in total. The van der Waals surface area contributed by atoms with Crippen LogP contribution in [0.4, 0.5) is 8.78 Å². The maximum Gasteiger partial charge on any atom is 0.255 e. The van der Waals surface area contributed by atoms with E-state index >= 15 is 0 Å². The first-order valence-electron chi connectivity index (χ1n) is 19.2. The van der Waals surface area contributed by atoms with Gasteiger partial charge in [0.15, 0.2) is 17.6 Å². The van der Waals surface area contributed by atoms with Gasteiger partial charge in [0.2, 0.25) is 5.91 Å². The molecule has 0 radical (unpaired) electrons. The number of nitrogens with one attached hydrogen (secondary N) is 1. The van der Waals surface area contributed by atoms with Crippen LogP contribution in [0.3, 0.4) is 0 Å². The number of hydrogen-bond acceptors (Lipinski definition) is 6. The topological polar surface area (TPSA) is 90.0 Å². The number of rotatable bonds is 10. The minimum Gasteiger partial charge on any atom is -0.489 e. The van der Waals surface area contributed by atoms with Crippen LogP contribution >= 0.6 is 23.2 Å². The highest BCUT2D eigenvalue weighted by Crippen LogP contribution is 2.41. The van der Waals surface area contributed by atoms with Crippen LogP contribution in [0, 0.1) is 25.5 Å².